The van der Waals surface area contributed by atoms with E-state index in [1.165, 1.54) is 25.4 Å². The first-order valence-electron chi connectivity index (χ1n) is 14.1. The quantitative estimate of drug-likeness (QED) is 0.123. The van der Waals surface area contributed by atoms with Gasteiger partial charge in [0.25, 0.3) is 0 Å². The fourth-order valence-corrected chi connectivity index (χ4v) is 5.27. The number of halogens is 4. The molecule has 0 aliphatic heterocycles. The Labute approximate surface area is 255 Å². The van der Waals surface area contributed by atoms with E-state index in [1.807, 2.05) is 6.07 Å². The molecule has 7 nitrogen and oxygen atoms in total. The second-order valence-electron chi connectivity index (χ2n) is 11.1. The molecule has 1 aliphatic rings. The number of aromatic nitrogens is 3. The maximum atomic E-state index is 15.7. The predicted molar refractivity (Wildman–Crippen MR) is 157 cm³/mol. The minimum Gasteiger partial charge on any atom is -0.472 e. The van der Waals surface area contributed by atoms with E-state index in [2.05, 4.69) is 9.97 Å². The van der Waals surface area contributed by atoms with Crippen LogP contribution in [0.25, 0.3) is 22.2 Å². The summed E-state index contributed by atoms with van der Waals surface area (Å²) in [5.41, 5.74) is 1.29. The number of hydrogen-bond acceptors (Lipinski definition) is 6. The number of esters is 1. The van der Waals surface area contributed by atoms with Gasteiger partial charge in [-0.05, 0) is 73.0 Å². The van der Waals surface area contributed by atoms with Gasteiger partial charge < -0.3 is 14.0 Å². The Balaban J connectivity index is 1.32. The zero-order valence-electron chi connectivity index (χ0n) is 24.1. The molecule has 6 rings (SSSR count). The second kappa shape index (κ2) is 12.0. The lowest BCUT2D eigenvalue weighted by Gasteiger charge is -2.16. The first kappa shape index (κ1) is 29.8. The van der Waals surface area contributed by atoms with Crippen LogP contribution in [0.5, 0.6) is 5.88 Å². The maximum absolute atomic E-state index is 15.7. The molecule has 0 amide bonds. The van der Waals surface area contributed by atoms with Crippen LogP contribution in [0.4, 0.5) is 17.6 Å². The molecule has 0 N–H and O–H groups in total. The molecule has 0 atom stereocenters. The van der Waals surface area contributed by atoms with Crippen LogP contribution < -0.4 is 4.74 Å². The number of rotatable bonds is 10. The van der Waals surface area contributed by atoms with Crippen molar-refractivity contribution in [2.75, 3.05) is 13.8 Å². The van der Waals surface area contributed by atoms with Crippen LogP contribution in [0.15, 0.2) is 66.9 Å². The summed E-state index contributed by atoms with van der Waals surface area (Å²) in [7, 11) is 1.27. The van der Waals surface area contributed by atoms with Crippen LogP contribution in [0.1, 0.15) is 45.7 Å². The average molecular weight is 615 g/mol. The van der Waals surface area contributed by atoms with Crippen molar-refractivity contribution in [1.82, 2.24) is 14.5 Å². The number of pyridine rings is 1. The number of carbonyl (C=O) groups excluding carboxylic acids is 1. The third-order valence-corrected chi connectivity index (χ3v) is 8.09. The minimum atomic E-state index is -0.835. The van der Waals surface area contributed by atoms with Crippen LogP contribution in [-0.2, 0) is 24.3 Å². The van der Waals surface area contributed by atoms with Crippen molar-refractivity contribution >= 4 is 17.0 Å². The maximum Gasteiger partial charge on any atom is 0.337 e. The smallest absolute Gasteiger partial charge is 0.337 e. The van der Waals surface area contributed by atoms with Gasteiger partial charge in [-0.1, -0.05) is 6.07 Å². The molecular formula is C34H26F4N4O3. The highest BCUT2D eigenvalue weighted by molar-refractivity contribution is 5.93. The molecule has 1 saturated carbocycles. The average Bonchev–Trinajstić information content (AvgIpc) is 3.76. The van der Waals surface area contributed by atoms with Gasteiger partial charge >= 0.3 is 5.97 Å². The number of alkyl halides is 1. The highest BCUT2D eigenvalue weighted by Crippen LogP contribution is 2.48. The number of fused-ring (bicyclic) bond motifs is 1. The molecular weight excluding hydrogens is 588 g/mol. The van der Waals surface area contributed by atoms with Crippen molar-refractivity contribution in [1.29, 1.82) is 5.26 Å². The van der Waals surface area contributed by atoms with Crippen molar-refractivity contribution < 1.29 is 31.8 Å². The van der Waals surface area contributed by atoms with Crippen molar-refractivity contribution in [3.8, 4) is 23.1 Å². The molecule has 1 aliphatic carbocycles. The number of imidazole rings is 1. The number of methoxy groups -OCH3 is 1. The molecule has 0 bridgehead atoms. The fraction of sp³-hybridized carbons (Fsp3) is 0.235. The zero-order valence-corrected chi connectivity index (χ0v) is 24.1. The zero-order chi connectivity index (χ0) is 31.7. The third kappa shape index (κ3) is 5.96. The second-order valence-corrected chi connectivity index (χ2v) is 11.1. The minimum absolute atomic E-state index is 0.0389. The van der Waals surface area contributed by atoms with Crippen LogP contribution in [0.2, 0.25) is 0 Å². The Bertz CT molecular complexity index is 1960. The summed E-state index contributed by atoms with van der Waals surface area (Å²) in [6.07, 6.45) is 2.56. The largest absolute Gasteiger partial charge is 0.472 e. The third-order valence-electron chi connectivity index (χ3n) is 8.09. The van der Waals surface area contributed by atoms with E-state index in [9.17, 15) is 13.6 Å². The van der Waals surface area contributed by atoms with Crippen molar-refractivity contribution in [3.05, 3.63) is 112 Å². The van der Waals surface area contributed by atoms with Gasteiger partial charge in [0.15, 0.2) is 0 Å². The van der Waals surface area contributed by atoms with E-state index in [-0.39, 0.29) is 58.8 Å². The highest BCUT2D eigenvalue weighted by Gasteiger charge is 2.44. The van der Waals surface area contributed by atoms with Gasteiger partial charge in [0.1, 0.15) is 29.9 Å². The number of carbonyl (C=O) groups is 1. The lowest BCUT2D eigenvalue weighted by atomic mass is 10.0. The molecule has 11 heteroatoms. The summed E-state index contributed by atoms with van der Waals surface area (Å²) in [6.45, 7) is -0.524. The molecule has 0 radical (unpaired) electrons. The lowest BCUT2D eigenvalue weighted by Crippen LogP contribution is -2.17. The van der Waals surface area contributed by atoms with Crippen molar-refractivity contribution in [2.45, 2.75) is 32.4 Å². The number of nitrogens with zero attached hydrogens (tertiary/aromatic N) is 4. The summed E-state index contributed by atoms with van der Waals surface area (Å²) in [5.74, 6) is -2.48. The first-order chi connectivity index (χ1) is 21.7. The molecule has 5 aromatic rings. The van der Waals surface area contributed by atoms with E-state index in [0.29, 0.717) is 29.7 Å². The molecule has 2 aromatic heterocycles. The van der Waals surface area contributed by atoms with Crippen LogP contribution in [-0.4, -0.2) is 34.3 Å². The van der Waals surface area contributed by atoms with Gasteiger partial charge in [0, 0.05) is 41.3 Å². The standard InChI is InChI=1S/C34H26F4N4O3/c1-44-33(43)21-6-7-29-30(14-21)42(19-34(18-35)8-9-34)31(41-29)15-25-27(37)12-23(13-28(25)38)24-3-2-10-40-32(24)45-17-22-5-4-20(16-39)11-26(22)36/h2-7,10-14H,8-9,15,17-19H2,1H3. The van der Waals surface area contributed by atoms with Gasteiger partial charge in [-0.15, -0.1) is 0 Å². The first-order valence-corrected chi connectivity index (χ1v) is 14.1. The molecule has 0 spiro atoms. The van der Waals surface area contributed by atoms with Crippen LogP contribution in [0, 0.1) is 34.2 Å². The Morgan fingerprint density at radius 2 is 1.82 bits per heavy atom. The van der Waals surface area contributed by atoms with Crippen LogP contribution >= 0.6 is 0 Å². The molecule has 0 saturated heterocycles. The Morgan fingerprint density at radius 1 is 1.04 bits per heavy atom. The number of benzene rings is 3. The number of hydrogen-bond donors (Lipinski definition) is 0. The van der Waals surface area contributed by atoms with E-state index in [0.717, 1.165) is 18.2 Å². The van der Waals surface area contributed by atoms with E-state index >= 15 is 8.78 Å². The van der Waals surface area contributed by atoms with E-state index in [4.69, 9.17) is 14.7 Å². The van der Waals surface area contributed by atoms with Gasteiger partial charge in [0.05, 0.1) is 42.0 Å². The molecule has 3 aromatic carbocycles. The van der Waals surface area contributed by atoms with Gasteiger partial charge in [0.2, 0.25) is 5.88 Å². The topological polar surface area (TPSA) is 90.0 Å². The highest BCUT2D eigenvalue weighted by atomic mass is 19.1. The Hall–Kier alpha value is -5.24. The van der Waals surface area contributed by atoms with E-state index < -0.39 is 35.5 Å². The van der Waals surface area contributed by atoms with Crippen LogP contribution in [0.3, 0.4) is 0 Å². The molecule has 2 heterocycles. The molecule has 0 unspecified atom stereocenters. The molecule has 228 valence electrons. The van der Waals surface area contributed by atoms with E-state index in [1.54, 1.807) is 34.9 Å². The normalized spacial score (nSPS) is 13.4. The van der Waals surface area contributed by atoms with Gasteiger partial charge in [-0.2, -0.15) is 5.26 Å². The number of ether oxygens (including phenoxy) is 2. The van der Waals surface area contributed by atoms with Gasteiger partial charge in [-0.25, -0.2) is 27.9 Å². The summed E-state index contributed by atoms with van der Waals surface area (Å²) in [6, 6.07) is 16.1. The fourth-order valence-electron chi connectivity index (χ4n) is 5.27. The summed E-state index contributed by atoms with van der Waals surface area (Å²) >= 11 is 0. The summed E-state index contributed by atoms with van der Waals surface area (Å²) < 4.78 is 72.0. The Morgan fingerprint density at radius 3 is 2.49 bits per heavy atom. The van der Waals surface area contributed by atoms with Gasteiger partial charge in [-0.3, -0.25) is 4.39 Å². The molecule has 1 fully saturated rings. The van der Waals surface area contributed by atoms with Crippen molar-refractivity contribution in [3.63, 3.8) is 0 Å². The SMILES string of the molecule is COC(=O)c1ccc2nc(Cc3c(F)cc(-c4cccnc4OCc4ccc(C#N)cc4F)cc3F)n(CC3(CF)CC3)c2c1. The molecule has 45 heavy (non-hydrogen) atoms. The lowest BCUT2D eigenvalue weighted by molar-refractivity contribution is 0.0601. The summed E-state index contributed by atoms with van der Waals surface area (Å²) in [4.78, 5) is 21.0. The summed E-state index contributed by atoms with van der Waals surface area (Å²) in [5, 5.41) is 8.96. The predicted octanol–water partition coefficient (Wildman–Crippen LogP) is 7.09. The van der Waals surface area contributed by atoms with Crippen molar-refractivity contribution in [2.24, 2.45) is 5.41 Å². The monoisotopic (exact) mass is 614 g/mol. The number of nitriles is 1. The Kier molecular flexibility index (Phi) is 7.97.